The minimum Gasteiger partial charge on any atom is -0.508 e. The lowest BCUT2D eigenvalue weighted by molar-refractivity contribution is -0.143. The fourth-order valence-electron chi connectivity index (χ4n) is 5.76. The summed E-state index contributed by atoms with van der Waals surface area (Å²) in [5, 5.41) is 42.1. The van der Waals surface area contributed by atoms with Crippen LogP contribution in [0.2, 0.25) is 0 Å². The summed E-state index contributed by atoms with van der Waals surface area (Å²) >= 11 is 0. The Bertz CT molecular complexity index is 1640. The second kappa shape index (κ2) is 24.2. The van der Waals surface area contributed by atoms with Crippen molar-refractivity contribution in [3.8, 4) is 5.75 Å². The van der Waals surface area contributed by atoms with Crippen molar-refractivity contribution in [1.82, 2.24) is 26.6 Å². The van der Waals surface area contributed by atoms with Crippen LogP contribution in [0.25, 0.3) is 0 Å². The van der Waals surface area contributed by atoms with E-state index in [1.165, 1.54) is 24.3 Å². The van der Waals surface area contributed by atoms with Crippen LogP contribution in [-0.2, 0) is 46.4 Å². The molecule has 12 N–H and O–H groups in total. The fourth-order valence-corrected chi connectivity index (χ4v) is 5.76. The van der Waals surface area contributed by atoms with Crippen molar-refractivity contribution in [3.05, 3.63) is 65.7 Å². The number of aromatic hydroxyl groups is 1. The van der Waals surface area contributed by atoms with Gasteiger partial charge in [0, 0.05) is 19.3 Å². The number of nitrogens with two attached hydrogens (primary N) is 2. The molecule has 0 aliphatic carbocycles. The number of aliphatic carboxylic acids is 2. The molecule has 0 spiro atoms. The van der Waals surface area contributed by atoms with Gasteiger partial charge in [-0.3, -0.25) is 28.8 Å². The topological polar surface area (TPSA) is 292 Å². The Morgan fingerprint density at radius 2 is 1.14 bits per heavy atom. The molecule has 2 aromatic carbocycles. The van der Waals surface area contributed by atoms with Crippen molar-refractivity contribution in [2.75, 3.05) is 6.54 Å². The monoisotopic (exact) mass is 797 g/mol. The summed E-state index contributed by atoms with van der Waals surface area (Å²) in [6.45, 7) is 7.30. The third-order valence-corrected chi connectivity index (χ3v) is 9.58. The summed E-state index contributed by atoms with van der Waals surface area (Å²) in [5.41, 5.74) is 12.8. The molecule has 0 fully saturated rings. The lowest BCUT2D eigenvalue weighted by Gasteiger charge is -2.29. The van der Waals surface area contributed by atoms with Crippen LogP contribution in [0.1, 0.15) is 77.3 Å². The minimum absolute atomic E-state index is 0.0111. The highest BCUT2D eigenvalue weighted by atomic mass is 16.4. The number of hydrogen-bond acceptors (Lipinski definition) is 10. The summed E-state index contributed by atoms with van der Waals surface area (Å²) in [7, 11) is 0. The van der Waals surface area contributed by atoms with E-state index in [1.54, 1.807) is 58.0 Å². The Balaban J connectivity index is 2.45. The Kier molecular flexibility index (Phi) is 20.2. The number of phenolic OH excluding ortho intramolecular Hbond substituents is 1. The van der Waals surface area contributed by atoms with Crippen LogP contribution in [0.4, 0.5) is 0 Å². The van der Waals surface area contributed by atoms with Crippen LogP contribution in [0, 0.1) is 11.8 Å². The first-order valence-electron chi connectivity index (χ1n) is 19.2. The molecule has 0 heterocycles. The maximum absolute atomic E-state index is 14.1. The van der Waals surface area contributed by atoms with Gasteiger partial charge >= 0.3 is 11.9 Å². The summed E-state index contributed by atoms with van der Waals surface area (Å²) < 4.78 is 0. The molecule has 0 aliphatic heterocycles. The number of carbonyl (C=O) groups is 7. The predicted octanol–water partition coefficient (Wildman–Crippen LogP) is 0.709. The largest absolute Gasteiger partial charge is 0.508 e. The molecule has 2 rings (SSSR count). The number of rotatable bonds is 25. The molecule has 0 aromatic heterocycles. The maximum Gasteiger partial charge on any atom is 0.326 e. The number of amides is 5. The van der Waals surface area contributed by atoms with Crippen LogP contribution in [0.3, 0.4) is 0 Å². The van der Waals surface area contributed by atoms with E-state index in [-0.39, 0.29) is 30.9 Å². The average Bonchev–Trinajstić information content (AvgIpc) is 3.17. The second-order valence-corrected chi connectivity index (χ2v) is 14.5. The zero-order chi connectivity index (χ0) is 42.7. The molecule has 314 valence electrons. The molecular formula is C40H59N7O10. The molecule has 0 saturated carbocycles. The van der Waals surface area contributed by atoms with Gasteiger partial charge < -0.3 is 53.4 Å². The van der Waals surface area contributed by atoms with Gasteiger partial charge in [-0.05, 0) is 67.3 Å². The Labute approximate surface area is 333 Å². The third-order valence-electron chi connectivity index (χ3n) is 9.58. The molecule has 0 bridgehead atoms. The first kappa shape index (κ1) is 47.6. The molecule has 7 atom stereocenters. The number of carbonyl (C=O) groups excluding carboxylic acids is 5. The number of carboxylic acid groups (broad SMARTS) is 2. The molecule has 57 heavy (non-hydrogen) atoms. The van der Waals surface area contributed by atoms with Crippen molar-refractivity contribution in [3.63, 3.8) is 0 Å². The van der Waals surface area contributed by atoms with Crippen molar-refractivity contribution in [2.45, 2.75) is 115 Å². The molecule has 0 aliphatic rings. The van der Waals surface area contributed by atoms with Crippen molar-refractivity contribution >= 4 is 41.5 Å². The van der Waals surface area contributed by atoms with Crippen molar-refractivity contribution in [1.29, 1.82) is 0 Å². The highest BCUT2D eigenvalue weighted by Crippen LogP contribution is 2.15. The van der Waals surface area contributed by atoms with E-state index in [2.05, 4.69) is 26.6 Å². The fraction of sp³-hybridized carbons (Fsp3) is 0.525. The van der Waals surface area contributed by atoms with Gasteiger partial charge in [-0.1, -0.05) is 76.6 Å². The Hall–Kier alpha value is -5.55. The lowest BCUT2D eigenvalue weighted by atomic mass is 9.96. The molecular weight excluding hydrogens is 738 g/mol. The van der Waals surface area contributed by atoms with Gasteiger partial charge in [0.15, 0.2) is 0 Å². The van der Waals surface area contributed by atoms with Gasteiger partial charge in [-0.25, -0.2) is 4.79 Å². The number of hydrogen-bond donors (Lipinski definition) is 10. The maximum atomic E-state index is 14.1. The SMILES string of the molecule is CC[C@H](C)[C@H](NC(=O)[C@H](Cc1ccc(O)cc1)NC(=O)[C@H](CCC(=O)O)NC(=O)[C@H](Cc1ccccc1)NC(=O)[C@@H](N)C(C)C)C(=O)N[C@@H](CCCCN)C(=O)O. The zero-order valence-electron chi connectivity index (χ0n) is 33.0. The van der Waals surface area contributed by atoms with Crippen molar-refractivity contribution in [2.24, 2.45) is 23.3 Å². The quantitative estimate of drug-likeness (QED) is 0.0622. The van der Waals surface area contributed by atoms with Crippen LogP contribution in [0.5, 0.6) is 5.75 Å². The van der Waals surface area contributed by atoms with E-state index in [4.69, 9.17) is 11.5 Å². The third kappa shape index (κ3) is 16.6. The normalized spacial score (nSPS) is 14.8. The van der Waals surface area contributed by atoms with Gasteiger partial charge in [-0.15, -0.1) is 0 Å². The van der Waals surface area contributed by atoms with E-state index >= 15 is 0 Å². The van der Waals surface area contributed by atoms with Crippen molar-refractivity contribution < 1.29 is 48.9 Å². The molecule has 0 saturated heterocycles. The first-order chi connectivity index (χ1) is 27.0. The molecule has 0 radical (unpaired) electrons. The first-order valence-corrected chi connectivity index (χ1v) is 19.2. The van der Waals surface area contributed by atoms with E-state index in [0.29, 0.717) is 36.9 Å². The zero-order valence-corrected chi connectivity index (χ0v) is 33.0. The molecule has 17 nitrogen and oxygen atoms in total. The van der Waals surface area contributed by atoms with Gasteiger partial charge in [0.2, 0.25) is 29.5 Å². The predicted molar refractivity (Wildman–Crippen MR) is 211 cm³/mol. The summed E-state index contributed by atoms with van der Waals surface area (Å²) in [6.07, 6.45) is 0.420. The minimum atomic E-state index is -1.50. The Morgan fingerprint density at radius 1 is 0.632 bits per heavy atom. The number of carboxylic acids is 2. The van der Waals surface area contributed by atoms with E-state index in [0.717, 1.165) is 0 Å². The summed E-state index contributed by atoms with van der Waals surface area (Å²) in [4.78, 5) is 92.0. The van der Waals surface area contributed by atoms with E-state index < -0.39 is 96.5 Å². The van der Waals surface area contributed by atoms with E-state index in [1.807, 2.05) is 0 Å². The average molecular weight is 798 g/mol. The van der Waals surface area contributed by atoms with Crippen LogP contribution in [-0.4, -0.2) is 99.6 Å². The number of unbranched alkanes of at least 4 members (excludes halogenated alkanes) is 1. The van der Waals surface area contributed by atoms with E-state index in [9.17, 15) is 48.9 Å². The van der Waals surface area contributed by atoms with Gasteiger partial charge in [0.1, 0.15) is 36.0 Å². The molecule has 2 aromatic rings. The summed E-state index contributed by atoms with van der Waals surface area (Å²) in [6, 6.07) is 6.99. The number of phenols is 1. The van der Waals surface area contributed by atoms with Crippen LogP contribution >= 0.6 is 0 Å². The number of nitrogens with one attached hydrogen (secondary N) is 5. The molecule has 17 heteroatoms. The molecule has 0 unspecified atom stereocenters. The second-order valence-electron chi connectivity index (χ2n) is 14.5. The van der Waals surface area contributed by atoms with Crippen LogP contribution in [0.15, 0.2) is 54.6 Å². The number of benzene rings is 2. The summed E-state index contributed by atoms with van der Waals surface area (Å²) in [5.74, 6) is -7.23. The highest BCUT2D eigenvalue weighted by molar-refractivity contribution is 5.96. The molecule has 5 amide bonds. The highest BCUT2D eigenvalue weighted by Gasteiger charge is 2.35. The Morgan fingerprint density at radius 3 is 1.67 bits per heavy atom. The van der Waals surface area contributed by atoms with Crippen LogP contribution < -0.4 is 38.1 Å². The van der Waals surface area contributed by atoms with Gasteiger partial charge in [0.25, 0.3) is 0 Å². The smallest absolute Gasteiger partial charge is 0.326 e. The lowest BCUT2D eigenvalue weighted by Crippen LogP contribution is -2.60. The standard InChI is InChI=1S/C40H59N7O10/c1-5-24(4)34(39(55)44-29(40(56)57)13-9-10-20-41)47-37(53)31(22-26-14-16-27(48)17-15-26)45-35(51)28(18-19-32(49)50)43-36(52)30(21-25-11-7-6-8-12-25)46-38(54)33(42)23(2)3/h6-8,11-12,14-17,23-24,28-31,33-34,48H,5,9-10,13,18-22,41-42H2,1-4H3,(H,43,52)(H,44,55)(H,45,51)(H,46,54)(H,47,53)(H,49,50)(H,56,57)/t24-,28-,29-,30-,31-,33-,34-/m0/s1. The van der Waals surface area contributed by atoms with Gasteiger partial charge in [-0.2, -0.15) is 0 Å². The van der Waals surface area contributed by atoms with Gasteiger partial charge in [0.05, 0.1) is 6.04 Å².